The number of hydrogen-bond acceptors (Lipinski definition) is 5. The molecule has 0 aliphatic carbocycles. The summed E-state index contributed by atoms with van der Waals surface area (Å²) in [5.41, 5.74) is 1.06. The van der Waals surface area contributed by atoms with Crippen molar-refractivity contribution in [1.29, 1.82) is 0 Å². The van der Waals surface area contributed by atoms with Crippen LogP contribution in [0.5, 0.6) is 0 Å². The van der Waals surface area contributed by atoms with Crippen molar-refractivity contribution in [1.82, 2.24) is 0 Å². The van der Waals surface area contributed by atoms with Gasteiger partial charge in [-0.2, -0.15) is 0 Å². The molecule has 5 nitrogen and oxygen atoms in total. The summed E-state index contributed by atoms with van der Waals surface area (Å²) in [7, 11) is -5.99. The van der Waals surface area contributed by atoms with Crippen LogP contribution in [-0.2, 0) is 15.7 Å². The quantitative estimate of drug-likeness (QED) is 0.581. The van der Waals surface area contributed by atoms with Crippen LogP contribution in [-0.4, -0.2) is 25.9 Å². The summed E-state index contributed by atoms with van der Waals surface area (Å²) in [6.07, 6.45) is 0. The summed E-state index contributed by atoms with van der Waals surface area (Å²) < 4.78 is 14.1. The fourth-order valence-corrected chi connectivity index (χ4v) is 1.13. The van der Waals surface area contributed by atoms with Gasteiger partial charge in [-0.25, -0.2) is 0 Å². The number of hydrogen-bond donors (Lipinski definition) is 3. The summed E-state index contributed by atoms with van der Waals surface area (Å²) in [5.74, 6) is 0. The van der Waals surface area contributed by atoms with Gasteiger partial charge in [0, 0.05) is 6.66 Å². The van der Waals surface area contributed by atoms with Crippen LogP contribution >= 0.6 is 39.2 Å². The summed E-state index contributed by atoms with van der Waals surface area (Å²) in [4.78, 5) is 24.2. The molecule has 0 aromatic heterocycles. The first-order valence-electron chi connectivity index (χ1n) is 4.86. The molecule has 9 heteroatoms. The van der Waals surface area contributed by atoms with E-state index in [9.17, 15) is 4.57 Å². The molecule has 0 saturated heterocycles. The van der Waals surface area contributed by atoms with Gasteiger partial charge in [0.1, 0.15) is 0 Å². The van der Waals surface area contributed by atoms with E-state index in [4.69, 9.17) is 42.4 Å². The van der Waals surface area contributed by atoms with Crippen molar-refractivity contribution < 1.29 is 23.8 Å². The molecule has 0 aliphatic rings. The van der Waals surface area contributed by atoms with Crippen LogP contribution in [0.25, 0.3) is 0 Å². The first-order chi connectivity index (χ1) is 8.23. The molecular weight excluding hydrogens is 321 g/mol. The van der Waals surface area contributed by atoms with Crippen LogP contribution in [0.1, 0.15) is 5.56 Å². The van der Waals surface area contributed by atoms with Gasteiger partial charge in [0.2, 0.25) is 0 Å². The van der Waals surface area contributed by atoms with Crippen LogP contribution in [0.3, 0.4) is 0 Å². The Balaban J connectivity index is 0.000000360. The fourth-order valence-electron chi connectivity index (χ4n) is 0.759. The van der Waals surface area contributed by atoms with Gasteiger partial charge in [0.25, 0.3) is 0 Å². The molecule has 106 valence electrons. The second-order valence-electron chi connectivity index (χ2n) is 3.25. The normalized spacial score (nSPS) is 13.7. The molecule has 0 saturated carbocycles. The Hall–Kier alpha value is 0.300. The molecule has 1 aromatic carbocycles. The van der Waals surface area contributed by atoms with Gasteiger partial charge in [-0.05, 0) is 5.56 Å². The van der Waals surface area contributed by atoms with Gasteiger partial charge in [0.05, 0.1) is 6.61 Å². The van der Waals surface area contributed by atoms with E-state index in [0.717, 1.165) is 5.56 Å². The van der Waals surface area contributed by atoms with E-state index >= 15 is 0 Å². The zero-order valence-electron chi connectivity index (χ0n) is 9.59. The predicted octanol–water partition coefficient (Wildman–Crippen LogP) is 2.53. The Morgan fingerprint density at radius 2 is 1.72 bits per heavy atom. The predicted molar refractivity (Wildman–Crippen MR) is 76.6 cm³/mol. The van der Waals surface area contributed by atoms with Crippen LogP contribution in [0, 0.1) is 0 Å². The summed E-state index contributed by atoms with van der Waals surface area (Å²) in [6, 6.07) is 9.71. The van der Waals surface area contributed by atoms with Crippen LogP contribution in [0.15, 0.2) is 30.3 Å². The van der Waals surface area contributed by atoms with Crippen LogP contribution < -0.4 is 0 Å². The summed E-state index contributed by atoms with van der Waals surface area (Å²) in [6.45, 7) is 2.04. The minimum absolute atomic E-state index is 0.454. The SMILES string of the molecule is C[PH](=O)OCc1ccccc1.O[PH](O)(O)C(Cl)Cl. The topological polar surface area (TPSA) is 87.0 Å². The first kappa shape index (κ1) is 18.3. The van der Waals surface area contributed by atoms with E-state index in [0.29, 0.717) is 6.61 Å². The summed E-state index contributed by atoms with van der Waals surface area (Å²) in [5, 5.41) is 0. The Kier molecular flexibility index (Phi) is 9.40. The van der Waals surface area contributed by atoms with E-state index < -0.39 is 20.5 Å². The van der Waals surface area contributed by atoms with Crippen molar-refractivity contribution >= 4 is 39.2 Å². The second-order valence-corrected chi connectivity index (χ2v) is 8.31. The Labute approximate surface area is 117 Å². The molecule has 0 radical (unpaired) electrons. The van der Waals surface area contributed by atoms with E-state index in [1.54, 1.807) is 6.66 Å². The first-order valence-corrected chi connectivity index (χ1v) is 9.47. The van der Waals surface area contributed by atoms with Gasteiger partial charge in [-0.1, -0.05) is 30.3 Å². The van der Waals surface area contributed by atoms with E-state index in [-0.39, 0.29) is 0 Å². The van der Waals surface area contributed by atoms with Crippen molar-refractivity contribution in [3.8, 4) is 0 Å². The van der Waals surface area contributed by atoms with Gasteiger partial charge in [-0.15, -0.1) is 0 Å². The van der Waals surface area contributed by atoms with Crippen molar-refractivity contribution in [2.75, 3.05) is 6.66 Å². The van der Waals surface area contributed by atoms with Gasteiger partial charge in [0.15, 0.2) is 8.03 Å². The van der Waals surface area contributed by atoms with Crippen LogP contribution in [0.2, 0.25) is 0 Å². The number of rotatable bonds is 4. The Morgan fingerprint density at radius 1 is 1.28 bits per heavy atom. The average molecular weight is 337 g/mol. The second kappa shape index (κ2) is 9.24. The standard InChI is InChI=1S/C8H11O2P.CH5Cl2O3P/c1-11(9)10-7-8-5-3-2-4-6-8;2-1(3)7(4,5)6/h2-6,11H,7H2,1H3;1,4-7H. The molecule has 0 heterocycles. The third kappa shape index (κ3) is 10.2. The van der Waals surface area contributed by atoms with Crippen molar-refractivity contribution in [2.45, 2.75) is 11.2 Å². The van der Waals surface area contributed by atoms with E-state index in [1.165, 1.54) is 0 Å². The molecule has 18 heavy (non-hydrogen) atoms. The molecule has 3 N–H and O–H groups in total. The van der Waals surface area contributed by atoms with E-state index in [1.807, 2.05) is 30.3 Å². The average Bonchev–Trinajstić information content (AvgIpc) is 2.27. The van der Waals surface area contributed by atoms with Crippen LogP contribution in [0.4, 0.5) is 0 Å². The minimum atomic E-state index is -4.20. The van der Waals surface area contributed by atoms with Gasteiger partial charge in [-0.3, -0.25) is 4.57 Å². The van der Waals surface area contributed by atoms with Gasteiger partial charge < -0.3 is 4.52 Å². The zero-order chi connectivity index (χ0) is 14.2. The third-order valence-electron chi connectivity index (χ3n) is 1.58. The zero-order valence-corrected chi connectivity index (χ0v) is 13.1. The van der Waals surface area contributed by atoms with Crippen molar-refractivity contribution in [3.05, 3.63) is 35.9 Å². The maximum absolute atomic E-state index is 10.6. The molecule has 1 rings (SSSR count). The third-order valence-corrected chi connectivity index (χ3v) is 4.47. The van der Waals surface area contributed by atoms with Crippen molar-refractivity contribution in [2.24, 2.45) is 0 Å². The molecule has 0 amide bonds. The molecule has 1 unspecified atom stereocenters. The maximum atomic E-state index is 10.6. The van der Waals surface area contributed by atoms with Crippen molar-refractivity contribution in [3.63, 3.8) is 0 Å². The summed E-state index contributed by atoms with van der Waals surface area (Å²) >= 11 is 9.66. The molecule has 1 atom stereocenters. The molecule has 0 spiro atoms. The number of benzene rings is 1. The molecule has 0 bridgehead atoms. The van der Waals surface area contributed by atoms with Gasteiger partial charge >= 0.3 is 50.4 Å². The van der Waals surface area contributed by atoms with E-state index in [2.05, 4.69) is 0 Å². The number of halogens is 2. The monoisotopic (exact) mass is 336 g/mol. The molecular formula is C9H16Cl2O5P2. The Bertz CT molecular complexity index is 356. The fraction of sp³-hybridized carbons (Fsp3) is 0.333. The molecule has 0 fully saturated rings. The number of alkyl halides is 2. The Morgan fingerprint density at radius 3 is 2.06 bits per heavy atom. The molecule has 0 aliphatic heterocycles. The molecule has 1 aromatic rings.